The van der Waals surface area contributed by atoms with Crippen molar-refractivity contribution in [3.63, 3.8) is 0 Å². The summed E-state index contributed by atoms with van der Waals surface area (Å²) in [5.74, 6) is -1.39. The average Bonchev–Trinajstić information content (AvgIpc) is 2.78. The fourth-order valence-corrected chi connectivity index (χ4v) is 2.65. The smallest absolute Gasteiger partial charge is 0.307 e. The Morgan fingerprint density at radius 2 is 1.89 bits per heavy atom. The van der Waals surface area contributed by atoms with E-state index in [4.69, 9.17) is 5.11 Å². The fourth-order valence-electron chi connectivity index (χ4n) is 2.65. The van der Waals surface area contributed by atoms with Crippen molar-refractivity contribution in [3.05, 3.63) is 0 Å². The monoisotopic (exact) mass is 256 g/mol. The van der Waals surface area contributed by atoms with Crippen LogP contribution in [0.3, 0.4) is 0 Å². The zero-order valence-electron chi connectivity index (χ0n) is 11.2. The van der Waals surface area contributed by atoms with Gasteiger partial charge in [-0.25, -0.2) is 0 Å². The molecule has 1 saturated carbocycles. The highest BCUT2D eigenvalue weighted by atomic mass is 16.4. The third-order valence-electron chi connectivity index (χ3n) is 3.79. The summed E-state index contributed by atoms with van der Waals surface area (Å²) in [6.07, 6.45) is 3.17. The minimum Gasteiger partial charge on any atom is -0.481 e. The Morgan fingerprint density at radius 3 is 2.44 bits per heavy atom. The number of aliphatic carboxylic acids is 1. The third-order valence-corrected chi connectivity index (χ3v) is 3.79. The molecular weight excluding hydrogens is 232 g/mol. The molecule has 5 nitrogen and oxygen atoms in total. The molecule has 0 saturated heterocycles. The van der Waals surface area contributed by atoms with E-state index in [-0.39, 0.29) is 11.8 Å². The number of rotatable bonds is 7. The zero-order chi connectivity index (χ0) is 13.5. The molecule has 3 atom stereocenters. The van der Waals surface area contributed by atoms with Crippen molar-refractivity contribution in [3.8, 4) is 0 Å². The summed E-state index contributed by atoms with van der Waals surface area (Å²) in [5.41, 5.74) is 0. The summed E-state index contributed by atoms with van der Waals surface area (Å²) in [6, 6.07) is 0. The van der Waals surface area contributed by atoms with Crippen LogP contribution >= 0.6 is 0 Å². The van der Waals surface area contributed by atoms with Gasteiger partial charge in [-0.2, -0.15) is 0 Å². The Kier molecular flexibility index (Phi) is 6.12. The number of carbonyl (C=O) groups excluding carboxylic acids is 1. The van der Waals surface area contributed by atoms with Crippen LogP contribution < -0.4 is 10.6 Å². The second-order valence-electron chi connectivity index (χ2n) is 5.05. The second kappa shape index (κ2) is 7.36. The summed E-state index contributed by atoms with van der Waals surface area (Å²) in [7, 11) is 1.87. The third kappa shape index (κ3) is 3.98. The van der Waals surface area contributed by atoms with Crippen LogP contribution in [0.1, 0.15) is 32.6 Å². The van der Waals surface area contributed by atoms with Gasteiger partial charge in [-0.15, -0.1) is 0 Å². The zero-order valence-corrected chi connectivity index (χ0v) is 11.2. The van der Waals surface area contributed by atoms with Crippen molar-refractivity contribution >= 4 is 11.9 Å². The van der Waals surface area contributed by atoms with Gasteiger partial charge in [0.05, 0.1) is 11.8 Å². The summed E-state index contributed by atoms with van der Waals surface area (Å²) >= 11 is 0. The molecule has 0 aromatic heterocycles. The molecule has 0 bridgehead atoms. The first kappa shape index (κ1) is 15.0. The molecule has 1 fully saturated rings. The van der Waals surface area contributed by atoms with E-state index >= 15 is 0 Å². The number of nitrogens with one attached hydrogen (secondary N) is 2. The lowest BCUT2D eigenvalue weighted by molar-refractivity contribution is -0.146. The summed E-state index contributed by atoms with van der Waals surface area (Å²) < 4.78 is 0. The maximum Gasteiger partial charge on any atom is 0.307 e. The van der Waals surface area contributed by atoms with Gasteiger partial charge in [0, 0.05) is 6.54 Å². The number of carboxylic acids is 1. The van der Waals surface area contributed by atoms with Crippen LogP contribution in [0.2, 0.25) is 0 Å². The number of hydrogen-bond donors (Lipinski definition) is 3. The first-order valence-electron chi connectivity index (χ1n) is 6.75. The molecule has 3 N–H and O–H groups in total. The van der Waals surface area contributed by atoms with E-state index in [1.165, 1.54) is 0 Å². The molecular formula is C13H24N2O3. The van der Waals surface area contributed by atoms with E-state index < -0.39 is 11.9 Å². The number of amides is 1. The van der Waals surface area contributed by atoms with Crippen LogP contribution in [0.15, 0.2) is 0 Å². The lowest BCUT2D eigenvalue weighted by Crippen LogP contribution is -2.36. The Morgan fingerprint density at radius 1 is 1.22 bits per heavy atom. The first-order valence-corrected chi connectivity index (χ1v) is 6.75. The van der Waals surface area contributed by atoms with Gasteiger partial charge in [-0.3, -0.25) is 9.59 Å². The molecule has 0 radical (unpaired) electrons. The second-order valence-corrected chi connectivity index (χ2v) is 5.05. The average molecular weight is 256 g/mol. The molecule has 5 heteroatoms. The predicted octanol–water partition coefficient (Wildman–Crippen LogP) is 0.849. The molecule has 1 aliphatic carbocycles. The van der Waals surface area contributed by atoms with Gasteiger partial charge >= 0.3 is 5.97 Å². The van der Waals surface area contributed by atoms with E-state index in [1.807, 2.05) is 7.05 Å². The van der Waals surface area contributed by atoms with Crippen molar-refractivity contribution in [2.45, 2.75) is 32.6 Å². The van der Waals surface area contributed by atoms with Gasteiger partial charge in [0.15, 0.2) is 0 Å². The lowest BCUT2D eigenvalue weighted by atomic mass is 9.95. The molecule has 1 aliphatic rings. The number of hydrogen-bond acceptors (Lipinski definition) is 3. The molecule has 18 heavy (non-hydrogen) atoms. The highest BCUT2D eigenvalue weighted by Gasteiger charge is 2.41. The van der Waals surface area contributed by atoms with Crippen molar-refractivity contribution in [2.75, 3.05) is 20.1 Å². The van der Waals surface area contributed by atoms with Crippen LogP contribution in [0.5, 0.6) is 0 Å². The maximum absolute atomic E-state index is 12.0. The van der Waals surface area contributed by atoms with Crippen molar-refractivity contribution in [1.82, 2.24) is 10.6 Å². The van der Waals surface area contributed by atoms with Crippen molar-refractivity contribution in [1.29, 1.82) is 0 Å². The standard InChI is InChI=1S/C13H24N2O3/c1-3-9-7-10(11(8-9)13(17)18)12(16)15-6-4-5-14-2/h9-11,14H,3-8H2,1-2H3,(H,15,16)(H,17,18). The normalized spacial score (nSPS) is 27.1. The highest BCUT2D eigenvalue weighted by Crippen LogP contribution is 2.38. The Labute approximate surface area is 108 Å². The van der Waals surface area contributed by atoms with Crippen LogP contribution in [0, 0.1) is 17.8 Å². The molecule has 104 valence electrons. The van der Waals surface area contributed by atoms with Gasteiger partial charge in [0.25, 0.3) is 0 Å². The summed E-state index contributed by atoms with van der Waals surface area (Å²) in [6.45, 7) is 3.51. The van der Waals surface area contributed by atoms with Crippen LogP contribution in [-0.2, 0) is 9.59 Å². The topological polar surface area (TPSA) is 78.4 Å². The molecule has 0 spiro atoms. The molecule has 0 aromatic rings. The molecule has 0 aromatic carbocycles. The van der Waals surface area contributed by atoms with E-state index in [0.717, 1.165) is 19.4 Å². The van der Waals surface area contributed by atoms with Crippen LogP contribution in [-0.4, -0.2) is 37.1 Å². The Bertz CT molecular complexity index is 294. The largest absolute Gasteiger partial charge is 0.481 e. The highest BCUT2D eigenvalue weighted by molar-refractivity contribution is 5.85. The van der Waals surface area contributed by atoms with Gasteiger partial charge in [0.1, 0.15) is 0 Å². The Balaban J connectivity index is 2.46. The Hall–Kier alpha value is -1.10. The van der Waals surface area contributed by atoms with E-state index in [9.17, 15) is 9.59 Å². The van der Waals surface area contributed by atoms with Gasteiger partial charge in [0.2, 0.25) is 5.91 Å². The first-order chi connectivity index (χ1) is 8.60. The van der Waals surface area contributed by atoms with E-state index in [2.05, 4.69) is 17.6 Å². The molecule has 0 heterocycles. The number of carbonyl (C=O) groups is 2. The summed E-state index contributed by atoms with van der Waals surface area (Å²) in [5, 5.41) is 15.0. The van der Waals surface area contributed by atoms with Crippen molar-refractivity contribution in [2.24, 2.45) is 17.8 Å². The van der Waals surface area contributed by atoms with Crippen LogP contribution in [0.4, 0.5) is 0 Å². The molecule has 3 unspecified atom stereocenters. The quantitative estimate of drug-likeness (QED) is 0.590. The molecule has 1 amide bonds. The summed E-state index contributed by atoms with van der Waals surface area (Å²) in [4.78, 5) is 23.2. The fraction of sp³-hybridized carbons (Fsp3) is 0.846. The minimum absolute atomic E-state index is 0.0885. The van der Waals surface area contributed by atoms with E-state index in [1.54, 1.807) is 0 Å². The molecule has 0 aliphatic heterocycles. The van der Waals surface area contributed by atoms with Gasteiger partial charge in [-0.1, -0.05) is 13.3 Å². The van der Waals surface area contributed by atoms with E-state index in [0.29, 0.717) is 25.3 Å². The lowest BCUT2D eigenvalue weighted by Gasteiger charge is -2.15. The van der Waals surface area contributed by atoms with Gasteiger partial charge < -0.3 is 15.7 Å². The maximum atomic E-state index is 12.0. The van der Waals surface area contributed by atoms with Gasteiger partial charge in [-0.05, 0) is 38.8 Å². The van der Waals surface area contributed by atoms with Crippen LogP contribution in [0.25, 0.3) is 0 Å². The van der Waals surface area contributed by atoms with Crippen molar-refractivity contribution < 1.29 is 14.7 Å². The SMILES string of the molecule is CCC1CC(C(=O)O)C(C(=O)NCCCNC)C1. The minimum atomic E-state index is -0.832. The predicted molar refractivity (Wildman–Crippen MR) is 69.2 cm³/mol. The molecule has 1 rings (SSSR count). The number of carboxylic acid groups (broad SMARTS) is 1.